The summed E-state index contributed by atoms with van der Waals surface area (Å²) in [7, 11) is 1.50. The number of benzene rings is 2. The first kappa shape index (κ1) is 25.0. The molecule has 0 radical (unpaired) electrons. The Morgan fingerprint density at radius 3 is 2.38 bits per heavy atom. The van der Waals surface area contributed by atoms with Gasteiger partial charge in [0.05, 0.1) is 24.7 Å². The second-order valence-corrected chi connectivity index (χ2v) is 8.04. The lowest BCUT2D eigenvalue weighted by atomic mass is 9.83. The van der Waals surface area contributed by atoms with E-state index in [4.69, 9.17) is 14.2 Å². The van der Waals surface area contributed by atoms with Crippen molar-refractivity contribution in [3.05, 3.63) is 59.7 Å². The van der Waals surface area contributed by atoms with Gasteiger partial charge in [0.1, 0.15) is 23.7 Å². The first-order chi connectivity index (χ1) is 16.2. The van der Waals surface area contributed by atoms with E-state index in [2.05, 4.69) is 0 Å². The van der Waals surface area contributed by atoms with Gasteiger partial charge in [-0.3, -0.25) is 4.79 Å². The molecule has 1 fully saturated rings. The lowest BCUT2D eigenvalue weighted by molar-refractivity contribution is -0.173. The Morgan fingerprint density at radius 2 is 1.76 bits per heavy atom. The van der Waals surface area contributed by atoms with E-state index in [0.29, 0.717) is 11.3 Å². The first-order valence-corrected chi connectivity index (χ1v) is 10.6. The van der Waals surface area contributed by atoms with E-state index in [1.807, 2.05) is 0 Å². The maximum Gasteiger partial charge on any atom is 0.345 e. The zero-order valence-electron chi connectivity index (χ0n) is 18.4. The lowest BCUT2D eigenvalue weighted by Gasteiger charge is -2.35. The highest BCUT2D eigenvalue weighted by Gasteiger charge is 2.42. The van der Waals surface area contributed by atoms with Crippen molar-refractivity contribution in [3.63, 3.8) is 0 Å². The molecule has 34 heavy (non-hydrogen) atoms. The van der Waals surface area contributed by atoms with Crippen LogP contribution in [0.2, 0.25) is 0 Å². The number of ether oxygens (including phenoxy) is 3. The maximum atomic E-state index is 12.7. The predicted molar refractivity (Wildman–Crippen MR) is 116 cm³/mol. The van der Waals surface area contributed by atoms with E-state index in [-0.39, 0.29) is 30.6 Å². The minimum Gasteiger partial charge on any atom is -0.508 e. The van der Waals surface area contributed by atoms with Crippen molar-refractivity contribution in [1.29, 1.82) is 0 Å². The number of carboxylic acids is 1. The lowest BCUT2D eigenvalue weighted by Crippen LogP contribution is -2.49. The number of esters is 2. The molecule has 10 nitrogen and oxygen atoms in total. The van der Waals surface area contributed by atoms with Crippen LogP contribution in [0, 0.1) is 5.92 Å². The number of carbonyl (C=O) groups is 3. The smallest absolute Gasteiger partial charge is 0.345 e. The maximum absolute atomic E-state index is 12.7. The molecule has 5 unspecified atom stereocenters. The molecule has 3 rings (SSSR count). The molecule has 182 valence electrons. The summed E-state index contributed by atoms with van der Waals surface area (Å²) in [6.07, 6.45) is -5.98. The number of hydrogen-bond donors (Lipinski definition) is 4. The van der Waals surface area contributed by atoms with Gasteiger partial charge in [-0.25, -0.2) is 9.59 Å². The summed E-state index contributed by atoms with van der Waals surface area (Å²) in [5.74, 6) is -3.65. The number of phenols is 1. The fraction of sp³-hybridized carbons (Fsp3) is 0.375. The number of aromatic hydroxyl groups is 1. The molecule has 0 aliphatic heterocycles. The van der Waals surface area contributed by atoms with Crippen molar-refractivity contribution in [3.8, 4) is 11.5 Å². The monoisotopic (exact) mass is 474 g/mol. The normalized spacial score (nSPS) is 22.9. The third kappa shape index (κ3) is 6.24. The minimum atomic E-state index is -1.47. The third-order valence-electron chi connectivity index (χ3n) is 5.61. The molecule has 0 spiro atoms. The molecule has 5 atom stereocenters. The largest absolute Gasteiger partial charge is 0.508 e. The summed E-state index contributed by atoms with van der Waals surface area (Å²) < 4.78 is 15.5. The molecule has 0 amide bonds. The number of aliphatic hydroxyl groups excluding tert-OH is 2. The van der Waals surface area contributed by atoms with Crippen LogP contribution in [0.1, 0.15) is 28.8 Å². The zero-order chi connectivity index (χ0) is 24.8. The van der Waals surface area contributed by atoms with Crippen LogP contribution >= 0.6 is 0 Å². The third-order valence-corrected chi connectivity index (χ3v) is 5.61. The highest BCUT2D eigenvalue weighted by atomic mass is 16.6. The van der Waals surface area contributed by atoms with Crippen LogP contribution in [0.5, 0.6) is 11.5 Å². The van der Waals surface area contributed by atoms with Crippen LogP contribution < -0.4 is 4.74 Å². The number of hydrogen-bond acceptors (Lipinski definition) is 9. The van der Waals surface area contributed by atoms with Crippen molar-refractivity contribution >= 4 is 17.9 Å². The fourth-order valence-electron chi connectivity index (χ4n) is 3.73. The van der Waals surface area contributed by atoms with Crippen molar-refractivity contribution in [2.24, 2.45) is 5.92 Å². The molecule has 2 aromatic carbocycles. The topological polar surface area (TPSA) is 160 Å². The van der Waals surface area contributed by atoms with E-state index >= 15 is 0 Å². The van der Waals surface area contributed by atoms with E-state index in [1.165, 1.54) is 31.4 Å². The van der Waals surface area contributed by atoms with Gasteiger partial charge in [0.25, 0.3) is 0 Å². The van der Waals surface area contributed by atoms with Gasteiger partial charge in [0, 0.05) is 12.8 Å². The molecule has 2 aromatic rings. The van der Waals surface area contributed by atoms with Crippen LogP contribution in [0.25, 0.3) is 0 Å². The summed E-state index contributed by atoms with van der Waals surface area (Å²) in [5, 5.41) is 39.5. The van der Waals surface area contributed by atoms with Crippen LogP contribution in [-0.2, 0) is 25.5 Å². The van der Waals surface area contributed by atoms with Crippen molar-refractivity contribution in [1.82, 2.24) is 0 Å². The molecule has 0 saturated heterocycles. The molecule has 0 heterocycles. The van der Waals surface area contributed by atoms with Crippen molar-refractivity contribution < 1.29 is 49.0 Å². The van der Waals surface area contributed by atoms with Gasteiger partial charge in [0.2, 0.25) is 6.10 Å². The molecule has 1 aliphatic rings. The molecule has 0 aromatic heterocycles. The Hall–Kier alpha value is -3.63. The minimum absolute atomic E-state index is 0.0248. The summed E-state index contributed by atoms with van der Waals surface area (Å²) in [4.78, 5) is 36.8. The van der Waals surface area contributed by atoms with Gasteiger partial charge in [-0.05, 0) is 42.3 Å². The second kappa shape index (κ2) is 11.0. The highest BCUT2D eigenvalue weighted by Crippen LogP contribution is 2.30. The molecular weight excluding hydrogens is 448 g/mol. The number of rotatable bonds is 8. The van der Waals surface area contributed by atoms with Crippen LogP contribution in [0.4, 0.5) is 0 Å². The Kier molecular flexibility index (Phi) is 8.08. The number of carboxylic acid groups (broad SMARTS) is 1. The fourth-order valence-corrected chi connectivity index (χ4v) is 3.73. The van der Waals surface area contributed by atoms with E-state index < -0.39 is 48.2 Å². The molecule has 1 aliphatic carbocycles. The zero-order valence-corrected chi connectivity index (χ0v) is 18.4. The Morgan fingerprint density at radius 1 is 1.06 bits per heavy atom. The van der Waals surface area contributed by atoms with E-state index in [9.17, 15) is 34.8 Å². The number of aliphatic hydroxyl groups is 2. The SMILES string of the molecule is COc1ccc(CC(OC(=O)C2CC(O)C(O)C(OC(=O)c3cccc(O)c3)C2)C(=O)O)cc1. The Balaban J connectivity index is 1.66. The second-order valence-electron chi connectivity index (χ2n) is 8.04. The highest BCUT2D eigenvalue weighted by molar-refractivity contribution is 5.90. The summed E-state index contributed by atoms with van der Waals surface area (Å²) >= 11 is 0. The summed E-state index contributed by atoms with van der Waals surface area (Å²) in [6, 6.07) is 12.0. The molecular formula is C24H26O10. The quantitative estimate of drug-likeness (QED) is 0.411. The molecule has 1 saturated carbocycles. The van der Waals surface area contributed by atoms with Gasteiger partial charge < -0.3 is 34.6 Å². The van der Waals surface area contributed by atoms with Gasteiger partial charge in [-0.15, -0.1) is 0 Å². The average Bonchev–Trinajstić information content (AvgIpc) is 2.81. The number of phenolic OH excluding ortho intramolecular Hbond substituents is 1. The van der Waals surface area contributed by atoms with Gasteiger partial charge in [-0.2, -0.15) is 0 Å². The van der Waals surface area contributed by atoms with Crippen LogP contribution in [0.15, 0.2) is 48.5 Å². The standard InChI is InChI=1S/C24H26O10/c1-32-17-7-5-13(6-8-17)9-20(22(28)29)34-24(31)15-11-18(26)21(27)19(12-15)33-23(30)14-3-2-4-16(25)10-14/h2-8,10,15,18-21,25-27H,9,11-12H2,1H3,(H,28,29). The van der Waals surface area contributed by atoms with Crippen LogP contribution in [-0.4, -0.2) is 69.9 Å². The van der Waals surface area contributed by atoms with Gasteiger partial charge >= 0.3 is 17.9 Å². The Bertz CT molecular complexity index is 1020. The Labute approximate surface area is 195 Å². The van der Waals surface area contributed by atoms with Crippen LogP contribution in [0.3, 0.4) is 0 Å². The predicted octanol–water partition coefficient (Wildman–Crippen LogP) is 1.30. The van der Waals surface area contributed by atoms with Gasteiger partial charge in [0.15, 0.2) is 0 Å². The van der Waals surface area contributed by atoms with E-state index in [0.717, 1.165) is 0 Å². The summed E-state index contributed by atoms with van der Waals surface area (Å²) in [5.41, 5.74) is 0.634. The summed E-state index contributed by atoms with van der Waals surface area (Å²) in [6.45, 7) is 0. The molecule has 0 bridgehead atoms. The number of methoxy groups -OCH3 is 1. The number of carbonyl (C=O) groups excluding carboxylic acids is 2. The first-order valence-electron chi connectivity index (χ1n) is 10.6. The van der Waals surface area contributed by atoms with E-state index in [1.54, 1.807) is 24.3 Å². The van der Waals surface area contributed by atoms with Crippen molar-refractivity contribution in [2.45, 2.75) is 43.7 Å². The molecule has 4 N–H and O–H groups in total. The average molecular weight is 474 g/mol. The molecule has 10 heteroatoms. The number of aliphatic carboxylic acids is 1. The van der Waals surface area contributed by atoms with Crippen molar-refractivity contribution in [2.75, 3.05) is 7.11 Å². The van der Waals surface area contributed by atoms with Gasteiger partial charge in [-0.1, -0.05) is 18.2 Å².